The summed E-state index contributed by atoms with van der Waals surface area (Å²) in [6, 6.07) is 8.02. The van der Waals surface area contributed by atoms with Gasteiger partial charge >= 0.3 is 15.7 Å². The van der Waals surface area contributed by atoms with Gasteiger partial charge in [0.2, 0.25) is 0 Å². The quantitative estimate of drug-likeness (QED) is 0.390. The number of imidazole rings is 1. The number of hydrogen-bond donors (Lipinski definition) is 0. The molecule has 156 valence electrons. The number of fused-ring (bicyclic) bond motifs is 1. The fourth-order valence-electron chi connectivity index (χ4n) is 2.57. The summed E-state index contributed by atoms with van der Waals surface area (Å²) >= 11 is 0. The Bertz CT molecular complexity index is 1060. The van der Waals surface area contributed by atoms with Gasteiger partial charge in [0.1, 0.15) is 12.4 Å². The molecule has 0 bridgehead atoms. The molecule has 3 rings (SSSR count). The fraction of sp³-hybridized carbons (Fsp3) is 0.400. The van der Waals surface area contributed by atoms with Crippen molar-refractivity contribution in [2.75, 3.05) is 6.54 Å². The van der Waals surface area contributed by atoms with Crippen LogP contribution >= 0.6 is 0 Å². The summed E-state index contributed by atoms with van der Waals surface area (Å²) in [5.74, 6) is 0.698. The highest BCUT2D eigenvalue weighted by atomic mass is 32.2. The van der Waals surface area contributed by atoms with Gasteiger partial charge in [-0.1, -0.05) is 24.3 Å². The van der Waals surface area contributed by atoms with Crippen LogP contribution in [0.15, 0.2) is 36.7 Å². The van der Waals surface area contributed by atoms with E-state index in [0.717, 1.165) is 12.0 Å². The number of halogens is 3. The van der Waals surface area contributed by atoms with E-state index in [1.54, 1.807) is 28.2 Å². The zero-order chi connectivity index (χ0) is 21.3. The second kappa shape index (κ2) is 7.81. The number of nitrogens with zero attached hydrogens (tertiary/aromatic N) is 3. The molecule has 0 saturated carbocycles. The van der Waals surface area contributed by atoms with Crippen LogP contribution in [-0.4, -0.2) is 41.7 Å². The van der Waals surface area contributed by atoms with Gasteiger partial charge in [-0.15, -0.1) is 3.97 Å². The first-order valence-corrected chi connectivity index (χ1v) is 10.7. The van der Waals surface area contributed by atoms with Crippen LogP contribution in [0.1, 0.15) is 17.0 Å². The Kier molecular flexibility index (Phi) is 6.23. The molecule has 2 aromatic rings. The number of aryl methyl sites for hydroxylation is 1. The van der Waals surface area contributed by atoms with Crippen LogP contribution in [0.2, 0.25) is 0 Å². The van der Waals surface area contributed by atoms with Crippen LogP contribution in [-0.2, 0) is 40.3 Å². The Hall–Kier alpha value is -1.96. The van der Waals surface area contributed by atoms with Gasteiger partial charge in [0.05, 0.1) is 7.05 Å². The lowest BCUT2D eigenvalue weighted by atomic mass is 10.0. The normalized spacial score (nSPS) is 15.5. The molecule has 0 fully saturated rings. The summed E-state index contributed by atoms with van der Waals surface area (Å²) in [4.78, 5) is 0. The van der Waals surface area contributed by atoms with Crippen LogP contribution < -0.4 is 4.57 Å². The minimum Gasteiger partial charge on any atom is -0.741 e. The zero-order valence-electron chi connectivity index (χ0n) is 14.9. The maximum Gasteiger partial charge on any atom is 0.485 e. The van der Waals surface area contributed by atoms with Gasteiger partial charge in [-0.3, -0.25) is 0 Å². The molecule has 13 heteroatoms. The van der Waals surface area contributed by atoms with E-state index >= 15 is 0 Å². The molecule has 0 radical (unpaired) electrons. The molecule has 8 nitrogen and oxygen atoms in total. The lowest BCUT2D eigenvalue weighted by Gasteiger charge is -2.26. The van der Waals surface area contributed by atoms with Crippen molar-refractivity contribution in [2.45, 2.75) is 25.4 Å². The van der Waals surface area contributed by atoms with Gasteiger partial charge < -0.3 is 4.55 Å². The SMILES string of the molecule is Cc1n(S(=O)(=O)N2CCc3ccccc3C2)cc[n+]1C.O=S(=O)([O-])C(F)(F)F. The van der Waals surface area contributed by atoms with Crippen molar-refractivity contribution in [3.8, 4) is 0 Å². The van der Waals surface area contributed by atoms with Crippen LogP contribution in [0.5, 0.6) is 0 Å². The van der Waals surface area contributed by atoms with Crippen LogP contribution in [0.4, 0.5) is 13.2 Å². The van der Waals surface area contributed by atoms with E-state index in [1.807, 2.05) is 25.2 Å². The van der Waals surface area contributed by atoms with E-state index in [0.29, 0.717) is 18.9 Å². The van der Waals surface area contributed by atoms with Crippen molar-refractivity contribution in [3.05, 3.63) is 53.6 Å². The third kappa shape index (κ3) is 4.71. The van der Waals surface area contributed by atoms with Gasteiger partial charge in [-0.2, -0.15) is 25.9 Å². The van der Waals surface area contributed by atoms with Crippen LogP contribution in [0.25, 0.3) is 0 Å². The molecule has 0 unspecified atom stereocenters. The van der Waals surface area contributed by atoms with Gasteiger partial charge in [-0.05, 0) is 17.5 Å². The summed E-state index contributed by atoms with van der Waals surface area (Å²) < 4.78 is 89.0. The summed E-state index contributed by atoms with van der Waals surface area (Å²) in [7, 11) is -7.74. The second-order valence-electron chi connectivity index (χ2n) is 6.01. The Morgan fingerprint density at radius 1 is 1.11 bits per heavy atom. The molecular weight excluding hydrogens is 423 g/mol. The van der Waals surface area contributed by atoms with E-state index in [9.17, 15) is 21.6 Å². The molecule has 0 atom stereocenters. The van der Waals surface area contributed by atoms with Crippen LogP contribution in [0, 0.1) is 6.92 Å². The average molecular weight is 441 g/mol. The molecule has 0 spiro atoms. The molecule has 1 aliphatic rings. The first kappa shape index (κ1) is 22.3. The smallest absolute Gasteiger partial charge is 0.485 e. The van der Waals surface area contributed by atoms with Crippen molar-refractivity contribution >= 4 is 20.3 Å². The minimum absolute atomic E-state index is 0.444. The molecule has 1 aromatic carbocycles. The van der Waals surface area contributed by atoms with E-state index < -0.39 is 25.8 Å². The predicted octanol–water partition coefficient (Wildman–Crippen LogP) is 0.824. The maximum absolute atomic E-state index is 12.7. The zero-order valence-corrected chi connectivity index (χ0v) is 16.6. The van der Waals surface area contributed by atoms with Gasteiger partial charge in [0, 0.05) is 20.0 Å². The Morgan fingerprint density at radius 3 is 2.11 bits per heavy atom. The van der Waals surface area contributed by atoms with E-state index in [1.165, 1.54) is 9.54 Å². The highest BCUT2D eigenvalue weighted by molar-refractivity contribution is 7.87. The maximum atomic E-state index is 12.7. The molecule has 2 heterocycles. The molecular formula is C15H18F3N3O5S2. The minimum atomic E-state index is -6.09. The standard InChI is InChI=1S/C14H18N3O2S.CHF3O3S/c1-12-15(2)9-10-17(12)20(18,19)16-8-7-13-5-3-4-6-14(13)11-16;2-1(3,4)8(5,6)7/h3-6,9-10H,7-8,11H2,1-2H3;(H,5,6,7)/q+1;/p-1. The summed E-state index contributed by atoms with van der Waals surface area (Å²) in [6.07, 6.45) is 4.12. The monoisotopic (exact) mass is 441 g/mol. The summed E-state index contributed by atoms with van der Waals surface area (Å²) in [5, 5.41) is 0. The third-order valence-corrected chi connectivity index (χ3v) is 6.62. The molecule has 1 aromatic heterocycles. The first-order chi connectivity index (χ1) is 12.7. The van der Waals surface area contributed by atoms with Crippen molar-refractivity contribution in [1.29, 1.82) is 0 Å². The van der Waals surface area contributed by atoms with E-state index in [2.05, 4.69) is 6.07 Å². The van der Waals surface area contributed by atoms with Crippen molar-refractivity contribution < 1.29 is 39.1 Å². The Labute approximate surface area is 160 Å². The largest absolute Gasteiger partial charge is 0.741 e. The molecule has 1 aliphatic heterocycles. The van der Waals surface area contributed by atoms with Gasteiger partial charge in [0.15, 0.2) is 10.1 Å². The van der Waals surface area contributed by atoms with Gasteiger partial charge in [0.25, 0.3) is 5.82 Å². The Morgan fingerprint density at radius 2 is 1.64 bits per heavy atom. The molecule has 0 N–H and O–H groups in total. The fourth-order valence-corrected chi connectivity index (χ4v) is 4.11. The van der Waals surface area contributed by atoms with Crippen molar-refractivity contribution in [2.24, 2.45) is 7.05 Å². The number of alkyl halides is 3. The Balaban J connectivity index is 0.000000300. The third-order valence-electron chi connectivity index (χ3n) is 4.21. The number of rotatable bonds is 2. The van der Waals surface area contributed by atoms with Crippen molar-refractivity contribution in [1.82, 2.24) is 8.28 Å². The average Bonchev–Trinajstić information content (AvgIpc) is 2.93. The highest BCUT2D eigenvalue weighted by Crippen LogP contribution is 2.22. The molecule has 0 amide bonds. The second-order valence-corrected chi connectivity index (χ2v) is 9.19. The summed E-state index contributed by atoms with van der Waals surface area (Å²) in [5.41, 5.74) is -3.31. The molecule has 0 saturated heterocycles. The first-order valence-electron chi connectivity index (χ1n) is 7.88. The lowest BCUT2D eigenvalue weighted by Crippen LogP contribution is -2.41. The predicted molar refractivity (Wildman–Crippen MR) is 91.0 cm³/mol. The number of aromatic nitrogens is 2. The topological polar surface area (TPSA) is 103 Å². The van der Waals surface area contributed by atoms with E-state index in [4.69, 9.17) is 13.0 Å². The molecule has 0 aliphatic carbocycles. The van der Waals surface area contributed by atoms with Crippen LogP contribution in [0.3, 0.4) is 0 Å². The number of hydrogen-bond acceptors (Lipinski definition) is 5. The number of benzene rings is 1. The van der Waals surface area contributed by atoms with Gasteiger partial charge in [-0.25, -0.2) is 13.0 Å². The van der Waals surface area contributed by atoms with Crippen molar-refractivity contribution in [3.63, 3.8) is 0 Å². The highest BCUT2D eigenvalue weighted by Gasteiger charge is 2.37. The lowest BCUT2D eigenvalue weighted by molar-refractivity contribution is -0.676. The molecule has 28 heavy (non-hydrogen) atoms. The van der Waals surface area contributed by atoms with E-state index in [-0.39, 0.29) is 0 Å². The summed E-state index contributed by atoms with van der Waals surface area (Å²) in [6.45, 7) is 2.77.